The zero-order valence-corrected chi connectivity index (χ0v) is 13.0. The molecule has 4 nitrogen and oxygen atoms in total. The van der Waals surface area contributed by atoms with Gasteiger partial charge in [-0.2, -0.15) is 0 Å². The van der Waals surface area contributed by atoms with Crippen LogP contribution in [-0.2, 0) is 5.41 Å². The lowest BCUT2D eigenvalue weighted by molar-refractivity contribution is 0.329. The van der Waals surface area contributed by atoms with E-state index in [-0.39, 0.29) is 5.41 Å². The predicted molar refractivity (Wildman–Crippen MR) is 93.3 cm³/mol. The molecule has 0 radical (unpaired) electrons. The Morgan fingerprint density at radius 3 is 2.78 bits per heavy atom. The molecule has 0 saturated carbocycles. The average Bonchev–Trinajstić information content (AvgIpc) is 3.20. The third-order valence-corrected chi connectivity index (χ3v) is 5.52. The van der Waals surface area contributed by atoms with Crippen molar-refractivity contribution in [1.29, 1.82) is 0 Å². The Labute approximate surface area is 135 Å². The first-order valence-electron chi connectivity index (χ1n) is 8.37. The minimum Gasteiger partial charge on any atom is -0.346 e. The maximum atomic E-state index is 4.44. The number of para-hydroxylation sites is 1. The zero-order valence-electron chi connectivity index (χ0n) is 13.0. The molecule has 116 valence electrons. The lowest BCUT2D eigenvalue weighted by Gasteiger charge is -2.35. The van der Waals surface area contributed by atoms with Gasteiger partial charge in [0.1, 0.15) is 5.65 Å². The van der Waals surface area contributed by atoms with Crippen molar-refractivity contribution in [2.75, 3.05) is 24.5 Å². The lowest BCUT2D eigenvalue weighted by atomic mass is 9.75. The molecule has 2 aliphatic heterocycles. The molecule has 2 aromatic heterocycles. The number of rotatable bonds is 1. The highest BCUT2D eigenvalue weighted by atomic mass is 15.2. The van der Waals surface area contributed by atoms with Gasteiger partial charge in [0.25, 0.3) is 0 Å². The van der Waals surface area contributed by atoms with Gasteiger partial charge in [0.15, 0.2) is 0 Å². The normalized spacial score (nSPS) is 19.4. The first kappa shape index (κ1) is 13.1. The molecule has 23 heavy (non-hydrogen) atoms. The maximum Gasteiger partial charge on any atom is 0.139 e. The van der Waals surface area contributed by atoms with Crippen molar-refractivity contribution in [3.63, 3.8) is 0 Å². The first-order valence-corrected chi connectivity index (χ1v) is 8.37. The highest BCUT2D eigenvalue weighted by molar-refractivity contribution is 5.93. The molecule has 0 amide bonds. The molecule has 0 unspecified atom stereocenters. The number of pyridine rings is 1. The van der Waals surface area contributed by atoms with Crippen LogP contribution < -0.4 is 10.2 Å². The van der Waals surface area contributed by atoms with Crippen molar-refractivity contribution in [1.82, 2.24) is 15.3 Å². The van der Waals surface area contributed by atoms with Gasteiger partial charge in [0.05, 0.1) is 5.69 Å². The van der Waals surface area contributed by atoms with Crippen molar-refractivity contribution in [3.05, 3.63) is 54.4 Å². The van der Waals surface area contributed by atoms with Crippen LogP contribution >= 0.6 is 0 Å². The van der Waals surface area contributed by atoms with E-state index in [0.29, 0.717) is 0 Å². The molecule has 1 spiro atoms. The number of nitrogens with one attached hydrogen (secondary N) is 2. The Morgan fingerprint density at radius 2 is 1.87 bits per heavy atom. The van der Waals surface area contributed by atoms with E-state index in [1.807, 2.05) is 12.4 Å². The summed E-state index contributed by atoms with van der Waals surface area (Å²) in [6.07, 6.45) is 6.30. The number of piperidine rings is 1. The Hall–Kier alpha value is -2.33. The van der Waals surface area contributed by atoms with Gasteiger partial charge in [-0.1, -0.05) is 18.2 Å². The van der Waals surface area contributed by atoms with E-state index >= 15 is 0 Å². The predicted octanol–water partition coefficient (Wildman–Crippen LogP) is 3.34. The average molecular weight is 304 g/mol. The molecule has 4 heterocycles. The van der Waals surface area contributed by atoms with E-state index in [0.717, 1.165) is 25.3 Å². The fraction of sp³-hybridized carbons (Fsp3) is 0.316. The van der Waals surface area contributed by atoms with Gasteiger partial charge < -0.3 is 15.2 Å². The van der Waals surface area contributed by atoms with Crippen LogP contribution in [0.25, 0.3) is 11.0 Å². The number of aromatic amines is 1. The fourth-order valence-electron chi connectivity index (χ4n) is 4.36. The number of anilines is 2. The minimum absolute atomic E-state index is 0.285. The highest BCUT2D eigenvalue weighted by Crippen LogP contribution is 2.49. The third-order valence-electron chi connectivity index (χ3n) is 5.52. The Morgan fingerprint density at radius 1 is 1.00 bits per heavy atom. The monoisotopic (exact) mass is 304 g/mol. The molecule has 4 heteroatoms. The van der Waals surface area contributed by atoms with Gasteiger partial charge in [-0.3, -0.25) is 0 Å². The topological polar surface area (TPSA) is 44.0 Å². The molecule has 0 aliphatic carbocycles. The Kier molecular flexibility index (Phi) is 2.76. The number of H-pyrrole nitrogens is 1. The largest absolute Gasteiger partial charge is 0.346 e. The molecule has 5 rings (SSSR count). The summed E-state index contributed by atoms with van der Waals surface area (Å²) in [4.78, 5) is 10.2. The van der Waals surface area contributed by atoms with Crippen molar-refractivity contribution in [2.24, 2.45) is 0 Å². The molecule has 0 bridgehead atoms. The quantitative estimate of drug-likeness (QED) is 0.725. The summed E-state index contributed by atoms with van der Waals surface area (Å²) < 4.78 is 0. The number of fused-ring (bicyclic) bond motifs is 3. The smallest absolute Gasteiger partial charge is 0.139 e. The molecular formula is C19H20N4. The van der Waals surface area contributed by atoms with Crippen LogP contribution in [0.4, 0.5) is 11.4 Å². The second kappa shape index (κ2) is 4.83. The van der Waals surface area contributed by atoms with Gasteiger partial charge in [-0.15, -0.1) is 0 Å². The van der Waals surface area contributed by atoms with Crippen LogP contribution in [0.5, 0.6) is 0 Å². The molecule has 1 saturated heterocycles. The van der Waals surface area contributed by atoms with Gasteiger partial charge in [-0.25, -0.2) is 4.98 Å². The summed E-state index contributed by atoms with van der Waals surface area (Å²) in [6.45, 7) is 3.29. The third kappa shape index (κ3) is 1.85. The summed E-state index contributed by atoms with van der Waals surface area (Å²) in [6, 6.07) is 13.2. The van der Waals surface area contributed by atoms with Crippen molar-refractivity contribution in [3.8, 4) is 0 Å². The summed E-state index contributed by atoms with van der Waals surface area (Å²) in [5.41, 5.74) is 5.39. The molecule has 2 N–H and O–H groups in total. The summed E-state index contributed by atoms with van der Waals surface area (Å²) in [7, 11) is 0. The van der Waals surface area contributed by atoms with Gasteiger partial charge in [0, 0.05) is 35.4 Å². The molecule has 1 fully saturated rings. The van der Waals surface area contributed by atoms with E-state index in [4.69, 9.17) is 0 Å². The second-order valence-electron chi connectivity index (χ2n) is 6.70. The van der Waals surface area contributed by atoms with Crippen LogP contribution in [0.2, 0.25) is 0 Å². The summed E-state index contributed by atoms with van der Waals surface area (Å²) >= 11 is 0. The van der Waals surface area contributed by atoms with Gasteiger partial charge in [0.2, 0.25) is 0 Å². The van der Waals surface area contributed by atoms with Crippen molar-refractivity contribution >= 4 is 22.4 Å². The van der Waals surface area contributed by atoms with Crippen molar-refractivity contribution < 1.29 is 0 Å². The SMILES string of the molecule is c1ccc2c(c1)N(c1ccnc3[nH]ccc13)CC21CCNCC1. The number of nitrogens with zero attached hydrogens (tertiary/aromatic N) is 2. The number of aromatic nitrogens is 2. The van der Waals surface area contributed by atoms with Crippen LogP contribution in [-0.4, -0.2) is 29.6 Å². The standard InChI is InChI=1S/C19H20N4/c1-2-4-17-15(3-1)19(7-11-20-12-8-19)13-23(17)16-6-10-22-18-14(16)5-9-21-18/h1-6,9-10,20H,7-8,11-13H2,(H,21,22). The Bertz CT molecular complexity index is 860. The molecule has 3 aromatic rings. The van der Waals surface area contributed by atoms with E-state index in [1.54, 1.807) is 0 Å². The Balaban J connectivity index is 1.69. The van der Waals surface area contributed by atoms with Crippen molar-refractivity contribution in [2.45, 2.75) is 18.3 Å². The van der Waals surface area contributed by atoms with E-state index < -0.39 is 0 Å². The van der Waals surface area contributed by atoms with Crippen LogP contribution in [0.3, 0.4) is 0 Å². The van der Waals surface area contributed by atoms with Gasteiger partial charge in [-0.05, 0) is 49.7 Å². The van der Waals surface area contributed by atoms with E-state index in [2.05, 4.69) is 56.6 Å². The summed E-state index contributed by atoms with van der Waals surface area (Å²) in [5, 5.41) is 4.72. The van der Waals surface area contributed by atoms with E-state index in [1.165, 1.54) is 35.2 Å². The second-order valence-corrected chi connectivity index (χ2v) is 6.70. The fourth-order valence-corrected chi connectivity index (χ4v) is 4.36. The summed E-state index contributed by atoms with van der Waals surface area (Å²) in [5.74, 6) is 0. The van der Waals surface area contributed by atoms with Crippen LogP contribution in [0, 0.1) is 0 Å². The lowest BCUT2D eigenvalue weighted by Crippen LogP contribution is -2.42. The van der Waals surface area contributed by atoms with Crippen LogP contribution in [0.1, 0.15) is 18.4 Å². The molecule has 2 aliphatic rings. The highest BCUT2D eigenvalue weighted by Gasteiger charge is 2.43. The molecule has 1 aromatic carbocycles. The van der Waals surface area contributed by atoms with Gasteiger partial charge >= 0.3 is 0 Å². The van der Waals surface area contributed by atoms with Crippen LogP contribution in [0.15, 0.2) is 48.8 Å². The molecule has 0 atom stereocenters. The molecular weight excluding hydrogens is 284 g/mol. The zero-order chi connectivity index (χ0) is 15.3. The van der Waals surface area contributed by atoms with E-state index in [9.17, 15) is 0 Å². The minimum atomic E-state index is 0.285. The maximum absolute atomic E-state index is 4.44. The first-order chi connectivity index (χ1) is 11.4. The number of hydrogen-bond donors (Lipinski definition) is 2. The number of hydrogen-bond acceptors (Lipinski definition) is 3. The number of benzene rings is 1.